The Hall–Kier alpha value is -7.63. The second-order valence-electron chi connectivity index (χ2n) is 35.2. The lowest BCUT2D eigenvalue weighted by Crippen LogP contribution is -2.62. The number of aliphatic hydroxyl groups is 1. The molecule has 6 aliphatic rings. The van der Waals surface area contributed by atoms with Crippen LogP contribution >= 0.6 is 0 Å². The van der Waals surface area contributed by atoms with Gasteiger partial charge in [0.05, 0.1) is 12.1 Å². The minimum atomic E-state index is -1.63. The van der Waals surface area contributed by atoms with Crippen LogP contribution in [0.25, 0.3) is 0 Å². The number of piperidine rings is 2. The summed E-state index contributed by atoms with van der Waals surface area (Å²) in [6.07, 6.45) is 4.65. The van der Waals surface area contributed by atoms with Gasteiger partial charge in [-0.2, -0.15) is 0 Å². The zero-order valence-electron chi connectivity index (χ0n) is 62.9. The van der Waals surface area contributed by atoms with Crippen molar-refractivity contribution < 1.29 is 78.7 Å². The van der Waals surface area contributed by atoms with Crippen LogP contribution in [0.15, 0.2) is 60.7 Å². The molecule has 6 fully saturated rings. The van der Waals surface area contributed by atoms with Crippen LogP contribution in [0.4, 0.5) is 9.59 Å². The number of rotatable bonds is 24. The molecule has 24 heteroatoms. The number of likely N-dealkylation sites (tertiary alicyclic amines) is 2. The molecule has 9 N–H and O–H groups in total. The van der Waals surface area contributed by atoms with Crippen molar-refractivity contribution in [1.29, 1.82) is 0 Å². The fourth-order valence-electron chi connectivity index (χ4n) is 14.7. The van der Waals surface area contributed by atoms with Crippen molar-refractivity contribution in [2.75, 3.05) is 26.2 Å². The van der Waals surface area contributed by atoms with Gasteiger partial charge in [-0.25, -0.2) is 9.59 Å². The minimum Gasteiger partial charge on any atom is -0.453 e. The fraction of sp³-hybridized carbons (Fsp3) is 0.701. The van der Waals surface area contributed by atoms with E-state index < -0.39 is 142 Å². The fourth-order valence-corrected chi connectivity index (χ4v) is 14.7. The van der Waals surface area contributed by atoms with Gasteiger partial charge in [0, 0.05) is 35.6 Å². The average molecular weight is 1430 g/mol. The molecular formula is C77H136N10O14. The summed E-state index contributed by atoms with van der Waals surface area (Å²) in [6, 6.07) is 11.8. The molecule has 2 saturated heterocycles. The van der Waals surface area contributed by atoms with Gasteiger partial charge in [0.25, 0.3) is 11.8 Å². The highest BCUT2D eigenvalue weighted by Crippen LogP contribution is 2.66. The summed E-state index contributed by atoms with van der Waals surface area (Å²) >= 11 is 0. The van der Waals surface area contributed by atoms with E-state index in [1.165, 1.54) is 0 Å². The first-order valence-electron chi connectivity index (χ1n) is 35.8. The molecule has 3 unspecified atom stereocenters. The maximum absolute atomic E-state index is 14.2. The molecule has 2 aromatic rings. The van der Waals surface area contributed by atoms with Gasteiger partial charge in [-0.15, -0.1) is 0 Å². The maximum Gasteiger partial charge on any atom is 0.326 e. The Kier molecular flexibility index (Phi) is 25.7. The van der Waals surface area contributed by atoms with E-state index in [1.54, 1.807) is 37.5 Å². The number of ketones is 1. The number of nitrogens with zero attached hydrogens (tertiary/aromatic N) is 2. The largest absolute Gasteiger partial charge is 0.453 e. The topological polar surface area (TPSA) is 329 Å². The molecule has 101 heavy (non-hydrogen) atoms. The van der Waals surface area contributed by atoms with Crippen LogP contribution in [0.2, 0.25) is 0 Å². The van der Waals surface area contributed by atoms with Crippen LogP contribution in [0.5, 0.6) is 0 Å². The van der Waals surface area contributed by atoms with Crippen molar-refractivity contribution in [2.45, 2.75) is 262 Å². The minimum absolute atomic E-state index is 0. The van der Waals surface area contributed by atoms with Crippen molar-refractivity contribution in [3.05, 3.63) is 71.8 Å². The van der Waals surface area contributed by atoms with Gasteiger partial charge in [-0.1, -0.05) is 176 Å². The van der Waals surface area contributed by atoms with E-state index in [0.717, 1.165) is 49.7 Å². The summed E-state index contributed by atoms with van der Waals surface area (Å²) < 4.78 is 11.2. The normalized spacial score (nSPS) is 22.7. The maximum atomic E-state index is 14.2. The lowest BCUT2D eigenvalue weighted by Gasteiger charge is -2.39. The number of urea groups is 2. The predicted molar refractivity (Wildman–Crippen MR) is 401 cm³/mol. The third-order valence-electron chi connectivity index (χ3n) is 21.2. The number of hydrogen-bond acceptors (Lipinski definition) is 14. The lowest BCUT2D eigenvalue weighted by molar-refractivity contribution is -0.158. The second-order valence-corrected chi connectivity index (χ2v) is 35.2. The number of ether oxygens (including phenoxy) is 2. The summed E-state index contributed by atoms with van der Waals surface area (Å²) in [4.78, 5) is 151. The Labute approximate surface area is 611 Å². The molecule has 4 aliphatic carbocycles. The number of hydrogen-bond donors (Lipinski definition) is 9. The molecular weight excluding hydrogens is 1290 g/mol. The number of benzene rings is 2. The Morgan fingerprint density at radius 2 is 0.891 bits per heavy atom. The first-order valence-corrected chi connectivity index (χ1v) is 35.8. The lowest BCUT2D eigenvalue weighted by atomic mass is 9.79. The zero-order chi connectivity index (χ0) is 74.8. The molecule has 11 atom stereocenters. The molecule has 4 saturated carbocycles. The monoisotopic (exact) mass is 1430 g/mol. The highest BCUT2D eigenvalue weighted by Gasteiger charge is 2.71. The Balaban J connectivity index is -0.00000190. The smallest absolute Gasteiger partial charge is 0.326 e. The molecule has 8 rings (SSSR count). The molecule has 24 nitrogen and oxygen atoms in total. The molecule has 2 aromatic carbocycles. The SMILES string of the molecule is C.CC(C)(C)NC(=O)N[C@H](C(=O)N1C[C@H]2[C@@H]([C@H]1C(=O)NC(CC1CCC1)C(=O)C(=O)NCC(=O)OC(C)(C)c1ccccc1)C2(C)C)C(C)(C)C.CC(C)(C)NC(=O)N[C@H](C(=O)N1C[C@H]2[C@@H]([C@H]1C(=O)NC(CC1CCC1)C(O)C(=O)NCC(=O)OC(C)(C)c1ccccc1)C2(C)C)C(C)(C)C.[HH].[HH].[HH].[HH].[HH].[HH].[HH].[HH]. The number of carbonyl (C=O) groups excluding carboxylic acids is 11. The van der Waals surface area contributed by atoms with Crippen LogP contribution < -0.4 is 42.5 Å². The van der Waals surface area contributed by atoms with Crippen molar-refractivity contribution in [3.8, 4) is 0 Å². The number of carbonyl (C=O) groups is 11. The van der Waals surface area contributed by atoms with E-state index in [2.05, 4.69) is 70.2 Å². The first kappa shape index (κ1) is 82.3. The van der Waals surface area contributed by atoms with E-state index in [1.807, 2.05) is 144 Å². The van der Waals surface area contributed by atoms with Crippen molar-refractivity contribution >= 4 is 65.2 Å². The van der Waals surface area contributed by atoms with E-state index in [4.69, 9.17) is 9.47 Å². The van der Waals surface area contributed by atoms with Crippen molar-refractivity contribution in [1.82, 2.24) is 52.3 Å². The van der Waals surface area contributed by atoms with Crippen molar-refractivity contribution in [2.24, 2.45) is 57.2 Å². The number of nitrogens with one attached hydrogen (secondary N) is 8. The summed E-state index contributed by atoms with van der Waals surface area (Å²) in [5.74, 6) is -5.40. The van der Waals surface area contributed by atoms with E-state index in [-0.39, 0.29) is 83.4 Å². The molecule has 2 heterocycles. The van der Waals surface area contributed by atoms with Gasteiger partial charge >= 0.3 is 24.0 Å². The van der Waals surface area contributed by atoms with Gasteiger partial charge < -0.3 is 66.9 Å². The summed E-state index contributed by atoms with van der Waals surface area (Å²) in [5, 5.41) is 33.4. The first-order chi connectivity index (χ1) is 46.0. The Morgan fingerprint density at radius 1 is 0.525 bits per heavy atom. The van der Waals surface area contributed by atoms with Gasteiger partial charge in [-0.3, -0.25) is 43.2 Å². The zero-order valence-corrected chi connectivity index (χ0v) is 62.9. The highest BCUT2D eigenvalue weighted by molar-refractivity contribution is 6.38. The van der Waals surface area contributed by atoms with E-state index in [0.29, 0.717) is 19.5 Å². The van der Waals surface area contributed by atoms with Crippen LogP contribution in [0.3, 0.4) is 0 Å². The second kappa shape index (κ2) is 31.5. The van der Waals surface area contributed by atoms with E-state index >= 15 is 0 Å². The van der Waals surface area contributed by atoms with Crippen LogP contribution in [-0.4, -0.2) is 160 Å². The van der Waals surface area contributed by atoms with E-state index in [9.17, 15) is 57.8 Å². The third kappa shape index (κ3) is 20.8. The molecule has 2 aliphatic heterocycles. The van der Waals surface area contributed by atoms with Crippen LogP contribution in [-0.2, 0) is 63.8 Å². The van der Waals surface area contributed by atoms with Gasteiger partial charge in [0.15, 0.2) is 6.10 Å². The molecule has 0 spiro atoms. The number of amides is 10. The number of fused-ring (bicyclic) bond motifs is 2. The number of esters is 2. The van der Waals surface area contributed by atoms with Crippen LogP contribution in [0, 0.1) is 57.2 Å². The summed E-state index contributed by atoms with van der Waals surface area (Å²) in [5.41, 5.74) is -3.07. The molecule has 10 amide bonds. The number of Topliss-reactive ketones (excluding diaryl/α,β-unsaturated/α-hetero) is 1. The predicted octanol–water partition coefficient (Wildman–Crippen LogP) is 10.0. The molecule has 0 aromatic heterocycles. The molecule has 578 valence electrons. The van der Waals surface area contributed by atoms with Gasteiger partial charge in [0.1, 0.15) is 48.5 Å². The summed E-state index contributed by atoms with van der Waals surface area (Å²) in [7, 11) is 0. The quantitative estimate of drug-likeness (QED) is 0.0349. The highest BCUT2D eigenvalue weighted by atomic mass is 16.6. The van der Waals surface area contributed by atoms with Crippen LogP contribution in [0.1, 0.15) is 220 Å². The van der Waals surface area contributed by atoms with Crippen molar-refractivity contribution in [3.63, 3.8) is 0 Å². The average Bonchev–Trinajstić information content (AvgIpc) is 1.53. The Morgan fingerprint density at radius 3 is 1.25 bits per heavy atom. The number of aliphatic hydroxyl groups excluding tert-OH is 1. The van der Waals surface area contributed by atoms with Gasteiger partial charge in [-0.05, 0) is 150 Å². The standard InChI is InChI=1S/C38H59N5O7.C38H57N5O7.CH4.8H2/c2*1-35(2,3)30(41-34(49)42-36(4,5)6)33(48)43-21-24-27(37(24,7)8)28(43)31(46)40-25(19-22-15-14-16-22)29(45)32(47)39-20-26(44)50-38(9,10)23-17-12-11-13-18-23;;;;;;;;;/h11-13,17-18,22,24-25,27-30,45H,14-16,19-21H2,1-10H3,(H,39,47)(H,40,46)(H2,41,42,49);11-13,17-18,22,24-25,27-28,30H,14-16,19-21H2,1-10H3,(H,39,47)(H,40,46)(H2,41,42,49);1H4;8*1H/t24-,25?,27-,28-,29?,30+;24-,25?,27-,28-,30+;;;;;;;;;/m00........./s1. The van der Waals surface area contributed by atoms with Gasteiger partial charge in [0.2, 0.25) is 29.4 Å². The molecule has 0 radical (unpaired) electrons. The summed E-state index contributed by atoms with van der Waals surface area (Å²) in [6.45, 7) is 37.2. The molecule has 0 bridgehead atoms. The third-order valence-corrected chi connectivity index (χ3v) is 21.2. The Bertz CT molecular complexity index is 3380.